The molecule has 2 aromatic rings. The molecule has 21 heavy (non-hydrogen) atoms. The normalized spacial score (nSPS) is 10.2. The van der Waals surface area contributed by atoms with Gasteiger partial charge in [0, 0.05) is 11.8 Å². The molecule has 0 aliphatic heterocycles. The zero-order chi connectivity index (χ0) is 15.2. The Balaban J connectivity index is 2.33. The summed E-state index contributed by atoms with van der Waals surface area (Å²) in [7, 11) is 0. The molecule has 0 aromatic heterocycles. The van der Waals surface area contributed by atoms with E-state index in [4.69, 9.17) is 15.2 Å². The van der Waals surface area contributed by atoms with Crippen LogP contribution in [0.25, 0.3) is 0 Å². The van der Waals surface area contributed by atoms with Crippen molar-refractivity contribution in [2.45, 2.75) is 13.8 Å². The number of anilines is 3. The molecule has 0 spiro atoms. The van der Waals surface area contributed by atoms with E-state index in [-0.39, 0.29) is 0 Å². The summed E-state index contributed by atoms with van der Waals surface area (Å²) >= 11 is 0. The van der Waals surface area contributed by atoms with Gasteiger partial charge in [0.15, 0.2) is 0 Å². The van der Waals surface area contributed by atoms with Gasteiger partial charge in [0.1, 0.15) is 17.3 Å². The molecule has 5 heteroatoms. The molecule has 0 atom stereocenters. The summed E-state index contributed by atoms with van der Waals surface area (Å²) in [6, 6.07) is 9.90. The van der Waals surface area contributed by atoms with Gasteiger partial charge < -0.3 is 20.5 Å². The quantitative estimate of drug-likeness (QED) is 0.791. The highest BCUT2D eigenvalue weighted by molar-refractivity contribution is 5.69. The minimum Gasteiger partial charge on any atom is -0.494 e. The van der Waals surface area contributed by atoms with Gasteiger partial charge >= 0.3 is 0 Å². The fourth-order valence-corrected chi connectivity index (χ4v) is 1.92. The van der Waals surface area contributed by atoms with Crippen molar-refractivity contribution in [1.29, 1.82) is 0 Å². The fourth-order valence-electron chi connectivity index (χ4n) is 1.92. The molecule has 0 radical (unpaired) electrons. The molecule has 0 bridgehead atoms. The molecule has 2 rings (SSSR count). The van der Waals surface area contributed by atoms with Crippen LogP contribution in [0.1, 0.15) is 13.8 Å². The maximum Gasteiger partial charge on any atom is 0.148 e. The Labute approximate surface area is 123 Å². The first-order chi connectivity index (χ1) is 10.1. The predicted octanol–water partition coefficient (Wildman–Crippen LogP) is 3.95. The SMILES string of the molecule is CCOc1ccc(OCC)c(Nc2ccc(N)cc2F)c1. The third-order valence-electron chi connectivity index (χ3n) is 2.82. The molecular weight excluding hydrogens is 271 g/mol. The topological polar surface area (TPSA) is 56.5 Å². The van der Waals surface area contributed by atoms with Gasteiger partial charge in [-0.15, -0.1) is 0 Å². The van der Waals surface area contributed by atoms with Crippen molar-refractivity contribution in [2.24, 2.45) is 0 Å². The summed E-state index contributed by atoms with van der Waals surface area (Å²) in [5.74, 6) is 0.913. The summed E-state index contributed by atoms with van der Waals surface area (Å²) in [6.07, 6.45) is 0. The van der Waals surface area contributed by atoms with Crippen molar-refractivity contribution in [3.63, 3.8) is 0 Å². The van der Waals surface area contributed by atoms with Gasteiger partial charge in [-0.25, -0.2) is 4.39 Å². The van der Waals surface area contributed by atoms with Crippen molar-refractivity contribution >= 4 is 17.1 Å². The van der Waals surface area contributed by atoms with Crippen LogP contribution in [-0.4, -0.2) is 13.2 Å². The summed E-state index contributed by atoms with van der Waals surface area (Å²) < 4.78 is 24.9. The molecule has 0 heterocycles. The summed E-state index contributed by atoms with van der Waals surface area (Å²) in [5.41, 5.74) is 6.91. The Bertz CT molecular complexity index is 617. The maximum absolute atomic E-state index is 13.9. The molecule has 0 saturated heterocycles. The molecule has 2 aromatic carbocycles. The van der Waals surface area contributed by atoms with Crippen LogP contribution in [0.15, 0.2) is 36.4 Å². The van der Waals surface area contributed by atoms with Crippen molar-refractivity contribution in [3.05, 3.63) is 42.2 Å². The van der Waals surface area contributed by atoms with E-state index in [1.165, 1.54) is 6.07 Å². The van der Waals surface area contributed by atoms with Crippen LogP contribution >= 0.6 is 0 Å². The lowest BCUT2D eigenvalue weighted by Gasteiger charge is -2.15. The third kappa shape index (κ3) is 3.78. The number of benzene rings is 2. The number of ether oxygens (including phenoxy) is 2. The molecule has 4 nitrogen and oxygen atoms in total. The highest BCUT2D eigenvalue weighted by atomic mass is 19.1. The average molecular weight is 290 g/mol. The first kappa shape index (κ1) is 15.0. The minimum atomic E-state index is -0.417. The highest BCUT2D eigenvalue weighted by Gasteiger charge is 2.09. The average Bonchev–Trinajstić information content (AvgIpc) is 2.45. The lowest BCUT2D eigenvalue weighted by Crippen LogP contribution is -2.01. The monoisotopic (exact) mass is 290 g/mol. The van der Waals surface area contributed by atoms with Crippen LogP contribution in [0, 0.1) is 5.82 Å². The van der Waals surface area contributed by atoms with E-state index in [1.54, 1.807) is 24.3 Å². The van der Waals surface area contributed by atoms with E-state index in [0.29, 0.717) is 41.8 Å². The third-order valence-corrected chi connectivity index (χ3v) is 2.82. The van der Waals surface area contributed by atoms with E-state index in [2.05, 4.69) is 5.32 Å². The lowest BCUT2D eigenvalue weighted by atomic mass is 10.2. The second-order valence-corrected chi connectivity index (χ2v) is 4.39. The van der Waals surface area contributed by atoms with Gasteiger partial charge in [-0.05, 0) is 44.2 Å². The summed E-state index contributed by atoms with van der Waals surface area (Å²) in [6.45, 7) is 4.88. The van der Waals surface area contributed by atoms with Crippen LogP contribution in [0.2, 0.25) is 0 Å². The second-order valence-electron chi connectivity index (χ2n) is 4.39. The van der Waals surface area contributed by atoms with Gasteiger partial charge in [0.05, 0.1) is 24.6 Å². The molecule has 0 fully saturated rings. The maximum atomic E-state index is 13.9. The fraction of sp³-hybridized carbons (Fsp3) is 0.250. The van der Waals surface area contributed by atoms with Crippen molar-refractivity contribution in [3.8, 4) is 11.5 Å². The first-order valence-electron chi connectivity index (χ1n) is 6.85. The van der Waals surface area contributed by atoms with E-state index < -0.39 is 5.82 Å². The van der Waals surface area contributed by atoms with Crippen molar-refractivity contribution in [1.82, 2.24) is 0 Å². The highest BCUT2D eigenvalue weighted by Crippen LogP contribution is 2.33. The van der Waals surface area contributed by atoms with Gasteiger partial charge in [0.2, 0.25) is 0 Å². The predicted molar refractivity (Wildman–Crippen MR) is 82.9 cm³/mol. The molecule has 0 unspecified atom stereocenters. The van der Waals surface area contributed by atoms with E-state index in [0.717, 1.165) is 0 Å². The van der Waals surface area contributed by atoms with E-state index in [1.807, 2.05) is 19.9 Å². The van der Waals surface area contributed by atoms with Crippen molar-refractivity contribution < 1.29 is 13.9 Å². The number of nitrogens with two attached hydrogens (primary N) is 1. The summed E-state index contributed by atoms with van der Waals surface area (Å²) in [4.78, 5) is 0. The standard InChI is InChI=1S/C16H19FN2O2/c1-3-20-12-6-8-16(21-4-2)15(10-12)19-14-7-5-11(18)9-13(14)17/h5-10,19H,3-4,18H2,1-2H3. The molecule has 112 valence electrons. The number of hydrogen-bond donors (Lipinski definition) is 2. The molecule has 0 aliphatic carbocycles. The number of halogens is 1. The molecule has 3 N–H and O–H groups in total. The Morgan fingerprint density at radius 1 is 1.00 bits per heavy atom. The Kier molecular flexibility index (Phi) is 4.87. The van der Waals surface area contributed by atoms with Gasteiger partial charge in [-0.2, -0.15) is 0 Å². The smallest absolute Gasteiger partial charge is 0.148 e. The summed E-state index contributed by atoms with van der Waals surface area (Å²) in [5, 5.41) is 3.02. The number of rotatable bonds is 6. The minimum absolute atomic E-state index is 0.332. The Morgan fingerprint density at radius 3 is 2.43 bits per heavy atom. The zero-order valence-electron chi connectivity index (χ0n) is 12.2. The largest absolute Gasteiger partial charge is 0.494 e. The van der Waals surface area contributed by atoms with Crippen LogP contribution in [-0.2, 0) is 0 Å². The van der Waals surface area contributed by atoms with Crippen LogP contribution in [0.5, 0.6) is 11.5 Å². The molecular formula is C16H19FN2O2. The number of hydrogen-bond acceptors (Lipinski definition) is 4. The van der Waals surface area contributed by atoms with E-state index >= 15 is 0 Å². The number of nitrogens with one attached hydrogen (secondary N) is 1. The lowest BCUT2D eigenvalue weighted by molar-refractivity contribution is 0.332. The van der Waals surface area contributed by atoms with Crippen LogP contribution in [0.3, 0.4) is 0 Å². The zero-order valence-corrected chi connectivity index (χ0v) is 12.2. The van der Waals surface area contributed by atoms with Gasteiger partial charge in [-0.3, -0.25) is 0 Å². The van der Waals surface area contributed by atoms with E-state index in [9.17, 15) is 4.39 Å². The number of nitrogen functional groups attached to an aromatic ring is 1. The Hall–Kier alpha value is -2.43. The Morgan fingerprint density at radius 2 is 1.76 bits per heavy atom. The van der Waals surface area contributed by atoms with Crippen molar-refractivity contribution in [2.75, 3.05) is 24.3 Å². The molecule has 0 amide bonds. The molecule has 0 saturated carbocycles. The first-order valence-corrected chi connectivity index (χ1v) is 6.85. The van der Waals surface area contributed by atoms with Crippen LogP contribution < -0.4 is 20.5 Å². The molecule has 0 aliphatic rings. The van der Waals surface area contributed by atoms with Gasteiger partial charge in [-0.1, -0.05) is 0 Å². The van der Waals surface area contributed by atoms with Gasteiger partial charge in [0.25, 0.3) is 0 Å². The van der Waals surface area contributed by atoms with Crippen LogP contribution in [0.4, 0.5) is 21.5 Å². The second kappa shape index (κ2) is 6.83.